The number of aromatic nitrogens is 1. The molecule has 5 aromatic rings. The summed E-state index contributed by atoms with van der Waals surface area (Å²) >= 11 is 1.48. The molecule has 1 aromatic heterocycles. The Kier molecular flexibility index (Phi) is 6.14. The van der Waals surface area contributed by atoms with E-state index in [1.807, 2.05) is 36.4 Å². The Hall–Kier alpha value is -4.29. The number of rotatable bonds is 6. The lowest BCUT2D eigenvalue weighted by molar-refractivity contribution is -0.384. The van der Waals surface area contributed by atoms with Crippen LogP contribution in [-0.4, -0.2) is 9.49 Å². The van der Waals surface area contributed by atoms with Gasteiger partial charge >= 0.3 is 0 Å². The molecule has 0 atom stereocenters. The van der Waals surface area contributed by atoms with E-state index in [2.05, 4.69) is 58.5 Å². The summed E-state index contributed by atoms with van der Waals surface area (Å²) in [5.41, 5.74) is 5.88. The average molecular weight is 464 g/mol. The average Bonchev–Trinajstić information content (AvgIpc) is 3.27. The molecule has 0 aliphatic carbocycles. The Bertz CT molecular complexity index is 1490. The molecule has 6 heteroatoms. The van der Waals surface area contributed by atoms with Crippen molar-refractivity contribution in [2.24, 2.45) is 4.99 Å². The van der Waals surface area contributed by atoms with Gasteiger partial charge in [-0.2, -0.15) is 0 Å². The van der Waals surface area contributed by atoms with Crippen molar-refractivity contribution >= 4 is 22.7 Å². The van der Waals surface area contributed by atoms with Crippen LogP contribution in [0.3, 0.4) is 0 Å². The maximum atomic E-state index is 11.5. The maximum Gasteiger partial charge on any atom is 0.294 e. The molecule has 5 nitrogen and oxygen atoms in total. The van der Waals surface area contributed by atoms with Gasteiger partial charge in [0.2, 0.25) is 0 Å². The molecule has 0 saturated carbocycles. The zero-order chi connectivity index (χ0) is 23.3. The first kappa shape index (κ1) is 21.6. The zero-order valence-corrected chi connectivity index (χ0v) is 19.1. The van der Waals surface area contributed by atoms with E-state index in [1.54, 1.807) is 18.2 Å². The summed E-state index contributed by atoms with van der Waals surface area (Å²) in [6.07, 6.45) is 0. The number of benzene rings is 4. The summed E-state index contributed by atoms with van der Waals surface area (Å²) in [5, 5.41) is 13.6. The van der Waals surface area contributed by atoms with E-state index < -0.39 is 4.92 Å². The van der Waals surface area contributed by atoms with Crippen molar-refractivity contribution in [2.75, 3.05) is 0 Å². The number of nitro groups is 1. The highest BCUT2D eigenvalue weighted by molar-refractivity contribution is 7.07. The standard InChI is InChI=1S/C28H21N3O2S/c32-31(33)26-14-8-7-13-25(26)29-28-30(19-21-9-3-1-4-10-21)27(20-34-28)24-17-15-23(16-18-24)22-11-5-2-6-12-22/h1-18,20H,19H2. The molecule has 0 N–H and O–H groups in total. The molecule has 0 unspecified atom stereocenters. The lowest BCUT2D eigenvalue weighted by Gasteiger charge is -2.10. The normalized spacial score (nSPS) is 11.5. The Labute approximate surface area is 201 Å². The molecule has 0 aliphatic rings. The molecule has 4 aromatic carbocycles. The monoisotopic (exact) mass is 463 g/mol. The highest BCUT2D eigenvalue weighted by Crippen LogP contribution is 2.28. The summed E-state index contributed by atoms with van der Waals surface area (Å²) in [4.78, 5) is 16.5. The van der Waals surface area contributed by atoms with E-state index >= 15 is 0 Å². The van der Waals surface area contributed by atoms with Gasteiger partial charge in [-0.05, 0) is 28.3 Å². The highest BCUT2D eigenvalue weighted by atomic mass is 32.1. The van der Waals surface area contributed by atoms with Crippen LogP contribution in [0.4, 0.5) is 11.4 Å². The first-order chi connectivity index (χ1) is 16.7. The summed E-state index contributed by atoms with van der Waals surface area (Å²) in [7, 11) is 0. The van der Waals surface area contributed by atoms with E-state index in [4.69, 9.17) is 4.99 Å². The number of hydrogen-bond acceptors (Lipinski definition) is 4. The van der Waals surface area contributed by atoms with Crippen molar-refractivity contribution in [2.45, 2.75) is 6.54 Å². The van der Waals surface area contributed by atoms with Gasteiger partial charge in [0.1, 0.15) is 5.69 Å². The summed E-state index contributed by atoms with van der Waals surface area (Å²) < 4.78 is 2.12. The van der Waals surface area contributed by atoms with E-state index in [1.165, 1.54) is 23.0 Å². The van der Waals surface area contributed by atoms with Crippen LogP contribution >= 0.6 is 11.3 Å². The minimum absolute atomic E-state index is 0.00377. The second-order valence-electron chi connectivity index (χ2n) is 7.78. The van der Waals surface area contributed by atoms with E-state index in [-0.39, 0.29) is 5.69 Å². The molecule has 1 heterocycles. The lowest BCUT2D eigenvalue weighted by Crippen LogP contribution is -2.16. The number of nitro benzene ring substituents is 1. The molecular weight excluding hydrogens is 442 g/mol. The van der Waals surface area contributed by atoms with Crippen LogP contribution in [0.25, 0.3) is 22.4 Å². The van der Waals surface area contributed by atoms with Crippen LogP contribution in [0.5, 0.6) is 0 Å². The predicted octanol–water partition coefficient (Wildman–Crippen LogP) is 7.07. The van der Waals surface area contributed by atoms with Crippen LogP contribution < -0.4 is 4.80 Å². The quantitative estimate of drug-likeness (QED) is 0.200. The summed E-state index contributed by atoms with van der Waals surface area (Å²) in [5.74, 6) is 0. The first-order valence-corrected chi connectivity index (χ1v) is 11.7. The number of hydrogen-bond donors (Lipinski definition) is 0. The zero-order valence-electron chi connectivity index (χ0n) is 18.2. The van der Waals surface area contributed by atoms with E-state index in [0.29, 0.717) is 17.0 Å². The van der Waals surface area contributed by atoms with Gasteiger partial charge in [0.15, 0.2) is 4.80 Å². The Morgan fingerprint density at radius 2 is 1.32 bits per heavy atom. The third-order valence-electron chi connectivity index (χ3n) is 5.56. The van der Waals surface area contributed by atoms with Crippen LogP contribution in [-0.2, 0) is 6.54 Å². The molecule has 0 spiro atoms. The Balaban J connectivity index is 1.61. The van der Waals surface area contributed by atoms with Crippen LogP contribution in [0.1, 0.15) is 5.56 Å². The molecule has 34 heavy (non-hydrogen) atoms. The number of thiazole rings is 1. The van der Waals surface area contributed by atoms with E-state index in [0.717, 1.165) is 22.4 Å². The SMILES string of the molecule is O=[N+]([O-])c1ccccc1N=c1scc(-c2ccc(-c3ccccc3)cc2)n1Cc1ccccc1. The van der Waals surface area contributed by atoms with Gasteiger partial charge in [-0.25, -0.2) is 4.99 Å². The fourth-order valence-electron chi connectivity index (χ4n) is 3.85. The smallest absolute Gasteiger partial charge is 0.294 e. The number of nitrogens with zero attached hydrogens (tertiary/aromatic N) is 3. The molecule has 0 bridgehead atoms. The number of para-hydroxylation sites is 2. The minimum atomic E-state index is -0.392. The third-order valence-corrected chi connectivity index (χ3v) is 6.43. The van der Waals surface area contributed by atoms with Gasteiger partial charge in [-0.3, -0.25) is 10.1 Å². The van der Waals surface area contributed by atoms with Gasteiger partial charge in [-0.15, -0.1) is 11.3 Å². The van der Waals surface area contributed by atoms with Crippen molar-refractivity contribution in [1.29, 1.82) is 0 Å². The molecule has 0 aliphatic heterocycles. The largest absolute Gasteiger partial charge is 0.312 e. The van der Waals surface area contributed by atoms with Gasteiger partial charge < -0.3 is 4.57 Å². The summed E-state index contributed by atoms with van der Waals surface area (Å²) in [6, 6.07) is 35.5. The second kappa shape index (κ2) is 9.68. The lowest BCUT2D eigenvalue weighted by atomic mass is 10.0. The molecule has 0 saturated heterocycles. The van der Waals surface area contributed by atoms with Gasteiger partial charge in [-0.1, -0.05) is 97.1 Å². The predicted molar refractivity (Wildman–Crippen MR) is 137 cm³/mol. The van der Waals surface area contributed by atoms with Crippen LogP contribution in [0.2, 0.25) is 0 Å². The van der Waals surface area contributed by atoms with Crippen molar-refractivity contribution < 1.29 is 4.92 Å². The summed E-state index contributed by atoms with van der Waals surface area (Å²) in [6.45, 7) is 0.611. The van der Waals surface area contributed by atoms with Crippen molar-refractivity contribution in [3.63, 3.8) is 0 Å². The minimum Gasteiger partial charge on any atom is -0.312 e. The fourth-order valence-corrected chi connectivity index (χ4v) is 4.77. The molecule has 166 valence electrons. The second-order valence-corrected chi connectivity index (χ2v) is 8.61. The molecular formula is C28H21N3O2S. The van der Waals surface area contributed by atoms with Gasteiger partial charge in [0, 0.05) is 11.4 Å². The Morgan fingerprint density at radius 3 is 2.03 bits per heavy atom. The molecule has 0 amide bonds. The molecule has 5 rings (SSSR count). The maximum absolute atomic E-state index is 11.5. The van der Waals surface area contributed by atoms with Crippen LogP contribution in [0.15, 0.2) is 120 Å². The van der Waals surface area contributed by atoms with Gasteiger partial charge in [0.25, 0.3) is 5.69 Å². The fraction of sp³-hybridized carbons (Fsp3) is 0.0357. The van der Waals surface area contributed by atoms with Crippen molar-refractivity contribution in [3.8, 4) is 22.4 Å². The Morgan fingerprint density at radius 1 is 0.735 bits per heavy atom. The highest BCUT2D eigenvalue weighted by Gasteiger charge is 2.14. The topological polar surface area (TPSA) is 60.4 Å². The van der Waals surface area contributed by atoms with Gasteiger partial charge in [0.05, 0.1) is 17.2 Å². The third kappa shape index (κ3) is 4.58. The molecule has 0 fully saturated rings. The van der Waals surface area contributed by atoms with Crippen molar-refractivity contribution in [1.82, 2.24) is 4.57 Å². The first-order valence-electron chi connectivity index (χ1n) is 10.9. The molecule has 0 radical (unpaired) electrons. The van der Waals surface area contributed by atoms with Crippen LogP contribution in [0, 0.1) is 10.1 Å². The van der Waals surface area contributed by atoms with E-state index in [9.17, 15) is 10.1 Å². The van der Waals surface area contributed by atoms with Crippen molar-refractivity contribution in [3.05, 3.63) is 135 Å².